The lowest BCUT2D eigenvalue weighted by molar-refractivity contribution is -0.185. The van der Waals surface area contributed by atoms with Gasteiger partial charge < -0.3 is 19.9 Å². The minimum Gasteiger partial charge on any atom is -0.404 e. The van der Waals surface area contributed by atoms with Crippen molar-refractivity contribution in [3.63, 3.8) is 0 Å². The number of rotatable bonds is 2. The molecule has 0 aromatic rings. The molecule has 3 aliphatic carbocycles. The molecule has 23 heavy (non-hydrogen) atoms. The van der Waals surface area contributed by atoms with E-state index >= 15 is 0 Å². The zero-order valence-corrected chi connectivity index (χ0v) is 14.7. The Labute approximate surface area is 139 Å². The average molecular weight is 320 g/mol. The van der Waals surface area contributed by atoms with Crippen molar-refractivity contribution in [3.05, 3.63) is 0 Å². The molecule has 5 rings (SSSR count). The number of hydrogen-bond acceptors (Lipinski definition) is 4. The minimum atomic E-state index is -0.457. The summed E-state index contributed by atoms with van der Waals surface area (Å²) in [6, 6.07) is -0.457. The van der Waals surface area contributed by atoms with Crippen LogP contribution in [0, 0.1) is 17.3 Å². The molecule has 5 aliphatic rings. The first-order valence-electron chi connectivity index (χ1n) is 9.13. The molecule has 5 fully saturated rings. The van der Waals surface area contributed by atoms with Crippen LogP contribution in [0.2, 0.25) is 0 Å². The average Bonchev–Trinajstić information content (AvgIpc) is 3.08. The van der Waals surface area contributed by atoms with E-state index in [1.54, 1.807) is 6.92 Å². The van der Waals surface area contributed by atoms with Crippen molar-refractivity contribution in [2.45, 2.75) is 77.1 Å². The summed E-state index contributed by atoms with van der Waals surface area (Å²) in [6.45, 7) is 9.46. The van der Waals surface area contributed by atoms with Gasteiger partial charge in [0.25, 0.3) is 0 Å². The van der Waals surface area contributed by atoms with E-state index in [-0.39, 0.29) is 30.7 Å². The van der Waals surface area contributed by atoms with Crippen molar-refractivity contribution in [1.82, 2.24) is 4.90 Å². The quantitative estimate of drug-likeness (QED) is 0.785. The van der Waals surface area contributed by atoms with Crippen LogP contribution in [0.3, 0.4) is 0 Å². The van der Waals surface area contributed by atoms with E-state index in [4.69, 9.17) is 15.0 Å². The molecule has 0 spiro atoms. The van der Waals surface area contributed by atoms with Crippen LogP contribution in [0.1, 0.15) is 53.4 Å². The van der Waals surface area contributed by atoms with Crippen molar-refractivity contribution in [2.75, 3.05) is 6.54 Å². The van der Waals surface area contributed by atoms with Crippen LogP contribution < -0.4 is 5.73 Å². The molecule has 0 unspecified atom stereocenters. The van der Waals surface area contributed by atoms with E-state index in [0.29, 0.717) is 11.3 Å². The van der Waals surface area contributed by atoms with Crippen LogP contribution in [0.4, 0.5) is 0 Å². The van der Waals surface area contributed by atoms with Gasteiger partial charge in [-0.05, 0) is 56.8 Å². The van der Waals surface area contributed by atoms with Crippen LogP contribution in [-0.4, -0.2) is 48.2 Å². The Morgan fingerprint density at radius 3 is 2.78 bits per heavy atom. The zero-order chi connectivity index (χ0) is 16.6. The topological polar surface area (TPSA) is 64.8 Å². The lowest BCUT2D eigenvalue weighted by atomic mass is 9.45. The van der Waals surface area contributed by atoms with Gasteiger partial charge in [0.05, 0.1) is 23.7 Å². The number of likely N-dealkylation sites (tertiary alicyclic amines) is 1. The second-order valence-corrected chi connectivity index (χ2v) is 8.95. The second kappa shape index (κ2) is 4.96. The van der Waals surface area contributed by atoms with Gasteiger partial charge in [0.15, 0.2) is 0 Å². The van der Waals surface area contributed by atoms with E-state index in [1.807, 2.05) is 4.90 Å². The number of carbonyl (C=O) groups is 1. The van der Waals surface area contributed by atoms with Gasteiger partial charge >= 0.3 is 7.12 Å². The van der Waals surface area contributed by atoms with E-state index in [9.17, 15) is 4.79 Å². The summed E-state index contributed by atoms with van der Waals surface area (Å²) in [5.74, 6) is 1.36. The van der Waals surface area contributed by atoms with Gasteiger partial charge in [-0.2, -0.15) is 0 Å². The third-order valence-corrected chi connectivity index (χ3v) is 7.12. The normalized spacial score (nSPS) is 45.6. The third kappa shape index (κ3) is 2.14. The van der Waals surface area contributed by atoms with E-state index in [0.717, 1.165) is 31.7 Å². The summed E-state index contributed by atoms with van der Waals surface area (Å²) in [5.41, 5.74) is 5.99. The van der Waals surface area contributed by atoms with Crippen LogP contribution >= 0.6 is 0 Å². The number of carbonyl (C=O) groups excluding carboxylic acids is 1. The Morgan fingerprint density at radius 1 is 1.39 bits per heavy atom. The van der Waals surface area contributed by atoms with E-state index in [2.05, 4.69) is 20.8 Å². The van der Waals surface area contributed by atoms with Crippen LogP contribution in [0.25, 0.3) is 0 Å². The Balaban J connectivity index is 1.53. The molecule has 1 amide bonds. The maximum absolute atomic E-state index is 12.4. The molecule has 2 bridgehead atoms. The maximum Gasteiger partial charge on any atom is 0.481 e. The number of amides is 1. The smallest absolute Gasteiger partial charge is 0.404 e. The molecule has 6 atom stereocenters. The van der Waals surface area contributed by atoms with Gasteiger partial charge in [-0.1, -0.05) is 13.8 Å². The van der Waals surface area contributed by atoms with Crippen LogP contribution in [0.15, 0.2) is 0 Å². The molecule has 5 nitrogen and oxygen atoms in total. The number of hydrogen-bond donors (Lipinski definition) is 1. The van der Waals surface area contributed by atoms with Gasteiger partial charge in [-0.25, -0.2) is 0 Å². The molecule has 128 valence electrons. The maximum atomic E-state index is 12.4. The molecule has 3 saturated carbocycles. The molecule has 0 radical (unpaired) electrons. The van der Waals surface area contributed by atoms with Crippen molar-refractivity contribution in [2.24, 2.45) is 23.0 Å². The Hall–Kier alpha value is -0.585. The second-order valence-electron chi connectivity index (χ2n) is 8.95. The highest BCUT2D eigenvalue weighted by atomic mass is 16.7. The summed E-state index contributed by atoms with van der Waals surface area (Å²) in [6.07, 6.45) is 4.46. The fourth-order valence-electron chi connectivity index (χ4n) is 5.52. The predicted molar refractivity (Wildman–Crippen MR) is 88.5 cm³/mol. The first-order chi connectivity index (χ1) is 10.7. The van der Waals surface area contributed by atoms with Crippen molar-refractivity contribution >= 4 is 13.0 Å². The first kappa shape index (κ1) is 15.9. The predicted octanol–water partition coefficient (Wildman–Crippen LogP) is 1.59. The van der Waals surface area contributed by atoms with E-state index < -0.39 is 6.04 Å². The highest BCUT2D eigenvalue weighted by Crippen LogP contribution is 2.64. The third-order valence-electron chi connectivity index (χ3n) is 7.12. The standard InChI is InChI=1S/C17H29BN2O3/c1-10(19)15(21)20-7-5-6-13(20)18-22-14-12-8-11(16(12,2)3)9-17(14,4)23-18/h10-14H,5-9,19H2,1-4H3/t10-,11+,12-,13+,14-,17+/m1/s1. The molecule has 2 N–H and O–H groups in total. The SMILES string of the molecule is C[C@@H](N)C(=O)N1CCC[C@H]1B1O[C@@H]2[C@H]3C[C@@H](C[C@]2(C)O1)C3(C)C. The monoisotopic (exact) mass is 320 g/mol. The Bertz CT molecular complexity index is 526. The molecule has 2 aliphatic heterocycles. The fraction of sp³-hybridized carbons (Fsp3) is 0.941. The van der Waals surface area contributed by atoms with Gasteiger partial charge in [-0.3, -0.25) is 4.79 Å². The molecular weight excluding hydrogens is 291 g/mol. The number of nitrogens with zero attached hydrogens (tertiary/aromatic N) is 1. The Kier molecular flexibility index (Phi) is 3.43. The highest BCUT2D eigenvalue weighted by Gasteiger charge is 2.67. The van der Waals surface area contributed by atoms with Crippen molar-refractivity contribution < 1.29 is 14.1 Å². The van der Waals surface area contributed by atoms with Crippen molar-refractivity contribution in [1.29, 1.82) is 0 Å². The van der Waals surface area contributed by atoms with Gasteiger partial charge in [0.1, 0.15) is 0 Å². The largest absolute Gasteiger partial charge is 0.481 e. The summed E-state index contributed by atoms with van der Waals surface area (Å²) < 4.78 is 12.9. The summed E-state index contributed by atoms with van der Waals surface area (Å²) in [5, 5.41) is 0. The molecule has 0 aromatic carbocycles. The van der Waals surface area contributed by atoms with Crippen LogP contribution in [-0.2, 0) is 14.1 Å². The lowest BCUT2D eigenvalue weighted by Gasteiger charge is -2.63. The Morgan fingerprint density at radius 2 is 2.13 bits per heavy atom. The highest BCUT2D eigenvalue weighted by molar-refractivity contribution is 6.48. The summed E-state index contributed by atoms with van der Waals surface area (Å²) in [7, 11) is -0.287. The molecule has 0 aromatic heterocycles. The van der Waals surface area contributed by atoms with Gasteiger partial charge in [0, 0.05) is 6.54 Å². The summed E-state index contributed by atoms with van der Waals surface area (Å²) >= 11 is 0. The summed E-state index contributed by atoms with van der Waals surface area (Å²) in [4.78, 5) is 14.3. The van der Waals surface area contributed by atoms with Crippen molar-refractivity contribution in [3.8, 4) is 0 Å². The first-order valence-corrected chi connectivity index (χ1v) is 9.13. The van der Waals surface area contributed by atoms with E-state index in [1.165, 1.54) is 6.42 Å². The molecule has 2 saturated heterocycles. The van der Waals surface area contributed by atoms with Gasteiger partial charge in [0.2, 0.25) is 5.91 Å². The lowest BCUT2D eigenvalue weighted by Crippen LogP contribution is -2.63. The van der Waals surface area contributed by atoms with Gasteiger partial charge in [-0.15, -0.1) is 0 Å². The molecule has 6 heteroatoms. The fourth-order valence-corrected chi connectivity index (χ4v) is 5.52. The van der Waals surface area contributed by atoms with Crippen LogP contribution in [0.5, 0.6) is 0 Å². The molecule has 2 heterocycles. The number of nitrogens with two attached hydrogens (primary N) is 1. The minimum absolute atomic E-state index is 0.0179. The molecular formula is C17H29BN2O3. The zero-order valence-electron chi connectivity index (χ0n) is 14.7.